The number of nitrogens with zero attached hydrogens (tertiary/aromatic N) is 1. The van der Waals surface area contributed by atoms with Gasteiger partial charge in [-0.1, -0.05) is 42.5 Å². The minimum absolute atomic E-state index is 0.0166. The molecule has 26 heavy (non-hydrogen) atoms. The Bertz CT molecular complexity index is 749. The molecule has 4 nitrogen and oxygen atoms in total. The van der Waals surface area contributed by atoms with Crippen LogP contribution >= 0.6 is 0 Å². The SMILES string of the molecule is CC(C)NC(=O)Cc1ccc(N(Cc2ccccc2)C(=O)C2CC2)cc1. The van der Waals surface area contributed by atoms with Crippen LogP contribution in [-0.2, 0) is 22.6 Å². The van der Waals surface area contributed by atoms with E-state index in [0.29, 0.717) is 13.0 Å². The van der Waals surface area contributed by atoms with E-state index in [1.54, 1.807) is 0 Å². The van der Waals surface area contributed by atoms with Crippen LogP contribution in [0.5, 0.6) is 0 Å². The van der Waals surface area contributed by atoms with Crippen LogP contribution in [0.1, 0.15) is 37.8 Å². The Morgan fingerprint density at radius 3 is 2.23 bits per heavy atom. The van der Waals surface area contributed by atoms with Crippen molar-refractivity contribution in [2.24, 2.45) is 5.92 Å². The van der Waals surface area contributed by atoms with Gasteiger partial charge in [0.2, 0.25) is 11.8 Å². The maximum atomic E-state index is 12.8. The van der Waals surface area contributed by atoms with Crippen molar-refractivity contribution in [2.45, 2.75) is 45.7 Å². The maximum absolute atomic E-state index is 12.8. The highest BCUT2D eigenvalue weighted by atomic mass is 16.2. The molecule has 0 atom stereocenters. The molecule has 1 saturated carbocycles. The Labute approximate surface area is 155 Å². The van der Waals surface area contributed by atoms with Crippen LogP contribution < -0.4 is 10.2 Å². The van der Waals surface area contributed by atoms with E-state index in [2.05, 4.69) is 5.32 Å². The highest BCUT2D eigenvalue weighted by molar-refractivity contribution is 5.96. The largest absolute Gasteiger partial charge is 0.354 e. The first kappa shape index (κ1) is 18.2. The Balaban J connectivity index is 1.74. The Morgan fingerprint density at radius 2 is 1.65 bits per heavy atom. The molecule has 0 spiro atoms. The summed E-state index contributed by atoms with van der Waals surface area (Å²) in [6.07, 6.45) is 2.32. The molecule has 0 bridgehead atoms. The molecule has 2 aromatic carbocycles. The molecule has 1 N–H and O–H groups in total. The van der Waals surface area contributed by atoms with E-state index in [1.807, 2.05) is 73.3 Å². The third-order valence-electron chi connectivity index (χ3n) is 4.44. The molecule has 1 aliphatic rings. The van der Waals surface area contributed by atoms with E-state index in [-0.39, 0.29) is 23.8 Å². The average Bonchev–Trinajstić information content (AvgIpc) is 3.45. The quantitative estimate of drug-likeness (QED) is 0.828. The molecule has 0 aliphatic heterocycles. The number of hydrogen-bond acceptors (Lipinski definition) is 2. The lowest BCUT2D eigenvalue weighted by Crippen LogP contribution is -2.32. The Morgan fingerprint density at radius 1 is 1.00 bits per heavy atom. The molecule has 0 unspecified atom stereocenters. The molecule has 4 heteroatoms. The van der Waals surface area contributed by atoms with Gasteiger partial charge in [-0.05, 0) is 49.9 Å². The van der Waals surface area contributed by atoms with Crippen LogP contribution in [0.2, 0.25) is 0 Å². The highest BCUT2D eigenvalue weighted by Gasteiger charge is 2.34. The van der Waals surface area contributed by atoms with E-state index in [4.69, 9.17) is 0 Å². The third-order valence-corrected chi connectivity index (χ3v) is 4.44. The first-order valence-corrected chi connectivity index (χ1v) is 9.26. The standard InChI is InChI=1S/C22H26N2O2/c1-16(2)23-21(25)14-17-8-12-20(13-9-17)24(22(26)19-10-11-19)15-18-6-4-3-5-7-18/h3-9,12-13,16,19H,10-11,14-15H2,1-2H3,(H,23,25). The molecule has 1 aliphatic carbocycles. The van der Waals surface area contributed by atoms with Crippen molar-refractivity contribution in [1.82, 2.24) is 5.32 Å². The van der Waals surface area contributed by atoms with E-state index in [0.717, 1.165) is 29.7 Å². The van der Waals surface area contributed by atoms with Gasteiger partial charge in [-0.25, -0.2) is 0 Å². The van der Waals surface area contributed by atoms with Crippen LogP contribution in [0, 0.1) is 5.92 Å². The van der Waals surface area contributed by atoms with Gasteiger partial charge in [0.25, 0.3) is 0 Å². The number of carbonyl (C=O) groups excluding carboxylic acids is 2. The van der Waals surface area contributed by atoms with Gasteiger partial charge in [0.15, 0.2) is 0 Å². The second kappa shape index (κ2) is 8.17. The average molecular weight is 350 g/mol. The number of carbonyl (C=O) groups is 2. The summed E-state index contributed by atoms with van der Waals surface area (Å²) < 4.78 is 0. The molecule has 0 radical (unpaired) electrons. The topological polar surface area (TPSA) is 49.4 Å². The molecular formula is C22H26N2O2. The van der Waals surface area contributed by atoms with Crippen molar-refractivity contribution in [3.05, 3.63) is 65.7 Å². The second-order valence-electron chi connectivity index (χ2n) is 7.25. The van der Waals surface area contributed by atoms with Gasteiger partial charge >= 0.3 is 0 Å². The van der Waals surface area contributed by atoms with Crippen molar-refractivity contribution < 1.29 is 9.59 Å². The van der Waals surface area contributed by atoms with Gasteiger partial charge in [0.1, 0.15) is 0 Å². The summed E-state index contributed by atoms with van der Waals surface area (Å²) in [6.45, 7) is 4.47. The smallest absolute Gasteiger partial charge is 0.230 e. The molecule has 3 rings (SSSR count). The summed E-state index contributed by atoms with van der Waals surface area (Å²) >= 11 is 0. The van der Waals surface area contributed by atoms with Crippen molar-refractivity contribution in [2.75, 3.05) is 4.90 Å². The monoisotopic (exact) mass is 350 g/mol. The van der Waals surface area contributed by atoms with Crippen molar-refractivity contribution >= 4 is 17.5 Å². The van der Waals surface area contributed by atoms with Gasteiger partial charge in [-0.15, -0.1) is 0 Å². The minimum atomic E-state index is 0.0166. The normalized spacial score (nSPS) is 13.5. The molecule has 0 heterocycles. The summed E-state index contributed by atoms with van der Waals surface area (Å²) in [4.78, 5) is 26.5. The molecule has 2 aromatic rings. The van der Waals surface area contributed by atoms with Crippen LogP contribution in [-0.4, -0.2) is 17.9 Å². The van der Waals surface area contributed by atoms with Crippen molar-refractivity contribution in [3.8, 4) is 0 Å². The number of anilines is 1. The predicted octanol–water partition coefficient (Wildman–Crippen LogP) is 3.70. The maximum Gasteiger partial charge on any atom is 0.230 e. The molecule has 136 valence electrons. The number of hydrogen-bond donors (Lipinski definition) is 1. The lowest BCUT2D eigenvalue weighted by atomic mass is 10.1. The lowest BCUT2D eigenvalue weighted by molar-refractivity contribution is -0.121. The zero-order chi connectivity index (χ0) is 18.5. The minimum Gasteiger partial charge on any atom is -0.354 e. The van der Waals surface area contributed by atoms with Crippen molar-refractivity contribution in [3.63, 3.8) is 0 Å². The first-order chi connectivity index (χ1) is 12.5. The fourth-order valence-corrected chi connectivity index (χ4v) is 2.97. The predicted molar refractivity (Wildman–Crippen MR) is 104 cm³/mol. The van der Waals surface area contributed by atoms with E-state index in [1.165, 1.54) is 0 Å². The zero-order valence-electron chi connectivity index (χ0n) is 15.4. The van der Waals surface area contributed by atoms with Gasteiger partial charge < -0.3 is 10.2 Å². The fourth-order valence-electron chi connectivity index (χ4n) is 2.97. The summed E-state index contributed by atoms with van der Waals surface area (Å²) in [5, 5.41) is 2.90. The van der Waals surface area contributed by atoms with Gasteiger partial charge in [-0.3, -0.25) is 9.59 Å². The third kappa shape index (κ3) is 4.94. The van der Waals surface area contributed by atoms with Gasteiger partial charge in [0, 0.05) is 17.6 Å². The van der Waals surface area contributed by atoms with E-state index < -0.39 is 0 Å². The molecule has 2 amide bonds. The molecule has 0 saturated heterocycles. The number of rotatable bonds is 7. The molecular weight excluding hydrogens is 324 g/mol. The molecule has 1 fully saturated rings. The summed E-state index contributed by atoms with van der Waals surface area (Å²) in [5.41, 5.74) is 2.95. The summed E-state index contributed by atoms with van der Waals surface area (Å²) in [6, 6.07) is 17.9. The van der Waals surface area contributed by atoms with Crippen LogP contribution in [0.4, 0.5) is 5.69 Å². The fraction of sp³-hybridized carbons (Fsp3) is 0.364. The number of nitrogens with one attached hydrogen (secondary N) is 1. The number of benzene rings is 2. The lowest BCUT2D eigenvalue weighted by Gasteiger charge is -2.23. The molecule has 0 aromatic heterocycles. The number of amides is 2. The Hall–Kier alpha value is -2.62. The summed E-state index contributed by atoms with van der Waals surface area (Å²) in [5.74, 6) is 0.373. The van der Waals surface area contributed by atoms with Crippen LogP contribution in [0.15, 0.2) is 54.6 Å². The Kier molecular flexibility index (Phi) is 5.71. The van der Waals surface area contributed by atoms with E-state index in [9.17, 15) is 9.59 Å². The zero-order valence-corrected chi connectivity index (χ0v) is 15.4. The van der Waals surface area contributed by atoms with Crippen molar-refractivity contribution in [1.29, 1.82) is 0 Å². The van der Waals surface area contributed by atoms with E-state index >= 15 is 0 Å². The van der Waals surface area contributed by atoms with Gasteiger partial charge in [-0.2, -0.15) is 0 Å². The van der Waals surface area contributed by atoms with Crippen LogP contribution in [0.25, 0.3) is 0 Å². The first-order valence-electron chi connectivity index (χ1n) is 9.26. The van der Waals surface area contributed by atoms with Crippen LogP contribution in [0.3, 0.4) is 0 Å². The summed E-state index contributed by atoms with van der Waals surface area (Å²) in [7, 11) is 0. The second-order valence-corrected chi connectivity index (χ2v) is 7.25. The van der Waals surface area contributed by atoms with Gasteiger partial charge in [0.05, 0.1) is 13.0 Å². The highest BCUT2D eigenvalue weighted by Crippen LogP contribution is 2.33.